The summed E-state index contributed by atoms with van der Waals surface area (Å²) in [7, 11) is 0. The molecular weight excluding hydrogens is 272 g/mol. The van der Waals surface area contributed by atoms with Gasteiger partial charge in [0.15, 0.2) is 0 Å². The maximum atomic E-state index is 11.6. The Morgan fingerprint density at radius 2 is 2.10 bits per heavy atom. The molecule has 1 aliphatic rings. The fourth-order valence-electron chi connectivity index (χ4n) is 2.65. The smallest absolute Gasteiger partial charge is 0.226 e. The minimum Gasteiger partial charge on any atom is -0.330 e. The van der Waals surface area contributed by atoms with Gasteiger partial charge >= 0.3 is 0 Å². The molecule has 2 rings (SSSR count). The van der Waals surface area contributed by atoms with Gasteiger partial charge in [-0.05, 0) is 25.3 Å². The molecule has 5 nitrogen and oxygen atoms in total. The number of carbonyl (C=O) groups excluding carboxylic acids is 1. The second-order valence-electron chi connectivity index (χ2n) is 5.48. The van der Waals surface area contributed by atoms with Gasteiger partial charge in [0.1, 0.15) is 5.01 Å². The largest absolute Gasteiger partial charge is 0.330 e. The first-order chi connectivity index (χ1) is 9.78. The van der Waals surface area contributed by atoms with Crippen LogP contribution in [-0.2, 0) is 11.2 Å². The van der Waals surface area contributed by atoms with Crippen LogP contribution in [0.15, 0.2) is 0 Å². The molecule has 20 heavy (non-hydrogen) atoms. The van der Waals surface area contributed by atoms with Crippen molar-refractivity contribution in [1.82, 2.24) is 10.2 Å². The quantitative estimate of drug-likeness (QED) is 0.810. The molecule has 0 unspecified atom stereocenters. The van der Waals surface area contributed by atoms with Gasteiger partial charge in [0.25, 0.3) is 0 Å². The Morgan fingerprint density at radius 1 is 1.30 bits per heavy atom. The second kappa shape index (κ2) is 8.32. The molecule has 0 saturated heterocycles. The van der Waals surface area contributed by atoms with Crippen molar-refractivity contribution >= 4 is 22.4 Å². The van der Waals surface area contributed by atoms with Crippen molar-refractivity contribution in [3.05, 3.63) is 5.01 Å². The van der Waals surface area contributed by atoms with E-state index in [9.17, 15) is 4.79 Å². The highest BCUT2D eigenvalue weighted by Crippen LogP contribution is 2.28. The van der Waals surface area contributed by atoms with E-state index in [1.807, 2.05) is 0 Å². The lowest BCUT2D eigenvalue weighted by Gasteiger charge is -2.20. The van der Waals surface area contributed by atoms with Gasteiger partial charge in [-0.2, -0.15) is 0 Å². The minimum atomic E-state index is -0.0227. The summed E-state index contributed by atoms with van der Waals surface area (Å²) in [5.41, 5.74) is 5.38. The van der Waals surface area contributed by atoms with Gasteiger partial charge in [-0.1, -0.05) is 43.4 Å². The van der Waals surface area contributed by atoms with Crippen LogP contribution in [0.25, 0.3) is 0 Å². The average Bonchev–Trinajstić information content (AvgIpc) is 2.91. The summed E-state index contributed by atoms with van der Waals surface area (Å²) in [4.78, 5) is 11.6. The maximum Gasteiger partial charge on any atom is 0.226 e. The number of hydrogen-bond donors (Lipinski definition) is 2. The molecule has 1 aromatic heterocycles. The molecule has 1 amide bonds. The summed E-state index contributed by atoms with van der Waals surface area (Å²) >= 11 is 1.50. The number of amides is 1. The lowest BCUT2D eigenvalue weighted by atomic mass is 9.86. The molecular formula is C14H24N4OS. The monoisotopic (exact) mass is 296 g/mol. The Balaban J connectivity index is 1.72. The van der Waals surface area contributed by atoms with Gasteiger partial charge in [0.2, 0.25) is 11.0 Å². The van der Waals surface area contributed by atoms with E-state index in [1.54, 1.807) is 0 Å². The molecule has 0 aromatic carbocycles. The molecule has 0 aliphatic heterocycles. The summed E-state index contributed by atoms with van der Waals surface area (Å²) in [6, 6.07) is 0. The standard InChI is InChI=1S/C14H24N4OS/c15-10-4-7-12(19)16-14-18-17-13(20-14)9-8-11-5-2-1-3-6-11/h11H,1-10,15H2,(H,16,18,19). The molecule has 1 saturated carbocycles. The van der Waals surface area contributed by atoms with Crippen molar-refractivity contribution in [3.63, 3.8) is 0 Å². The zero-order chi connectivity index (χ0) is 14.2. The minimum absolute atomic E-state index is 0.0227. The lowest BCUT2D eigenvalue weighted by Crippen LogP contribution is -2.13. The maximum absolute atomic E-state index is 11.6. The van der Waals surface area contributed by atoms with E-state index >= 15 is 0 Å². The first-order valence-corrected chi connectivity index (χ1v) is 8.42. The zero-order valence-electron chi connectivity index (χ0n) is 11.9. The van der Waals surface area contributed by atoms with Crippen LogP contribution in [-0.4, -0.2) is 22.6 Å². The molecule has 112 valence electrons. The van der Waals surface area contributed by atoms with Crippen LogP contribution in [0.1, 0.15) is 56.4 Å². The summed E-state index contributed by atoms with van der Waals surface area (Å²) in [5.74, 6) is 0.834. The van der Waals surface area contributed by atoms with Crippen LogP contribution < -0.4 is 11.1 Å². The number of anilines is 1. The van der Waals surface area contributed by atoms with Gasteiger partial charge in [-0.15, -0.1) is 10.2 Å². The predicted molar refractivity (Wildman–Crippen MR) is 81.7 cm³/mol. The molecule has 3 N–H and O–H groups in total. The number of nitrogens with two attached hydrogens (primary N) is 1. The van der Waals surface area contributed by atoms with Gasteiger partial charge in [-0.25, -0.2) is 0 Å². The Labute approximate surface area is 124 Å². The number of rotatable bonds is 7. The highest BCUT2D eigenvalue weighted by atomic mass is 32.1. The van der Waals surface area contributed by atoms with Crippen LogP contribution >= 0.6 is 11.3 Å². The molecule has 6 heteroatoms. The number of nitrogens with zero attached hydrogens (tertiary/aromatic N) is 2. The molecule has 0 bridgehead atoms. The number of aromatic nitrogens is 2. The van der Waals surface area contributed by atoms with Crippen molar-refractivity contribution in [1.29, 1.82) is 0 Å². The highest BCUT2D eigenvalue weighted by Gasteiger charge is 2.15. The van der Waals surface area contributed by atoms with Crippen molar-refractivity contribution in [2.75, 3.05) is 11.9 Å². The third kappa shape index (κ3) is 5.17. The third-order valence-corrected chi connectivity index (χ3v) is 4.71. The molecule has 0 spiro atoms. The van der Waals surface area contributed by atoms with E-state index in [1.165, 1.54) is 49.9 Å². The molecule has 1 heterocycles. The number of nitrogens with one attached hydrogen (secondary N) is 1. The van der Waals surface area contributed by atoms with Gasteiger partial charge in [-0.3, -0.25) is 4.79 Å². The van der Waals surface area contributed by atoms with Crippen LogP contribution in [0.3, 0.4) is 0 Å². The molecule has 1 fully saturated rings. The van der Waals surface area contributed by atoms with Crippen molar-refractivity contribution in [2.24, 2.45) is 11.7 Å². The summed E-state index contributed by atoms with van der Waals surface area (Å²) in [6.45, 7) is 0.538. The first kappa shape index (κ1) is 15.4. The van der Waals surface area contributed by atoms with Crippen LogP contribution in [0.4, 0.5) is 5.13 Å². The normalized spacial score (nSPS) is 16.2. The SMILES string of the molecule is NCCCC(=O)Nc1nnc(CCC2CCCCC2)s1. The van der Waals surface area contributed by atoms with E-state index < -0.39 is 0 Å². The van der Waals surface area contributed by atoms with E-state index in [0.717, 1.165) is 17.3 Å². The van der Waals surface area contributed by atoms with Gasteiger partial charge in [0, 0.05) is 12.8 Å². The van der Waals surface area contributed by atoms with E-state index in [-0.39, 0.29) is 5.91 Å². The van der Waals surface area contributed by atoms with Crippen molar-refractivity contribution in [3.8, 4) is 0 Å². The van der Waals surface area contributed by atoms with E-state index in [4.69, 9.17) is 5.73 Å². The van der Waals surface area contributed by atoms with Crippen molar-refractivity contribution < 1.29 is 4.79 Å². The molecule has 0 radical (unpaired) electrons. The highest BCUT2D eigenvalue weighted by molar-refractivity contribution is 7.15. The van der Waals surface area contributed by atoms with E-state index in [0.29, 0.717) is 24.5 Å². The van der Waals surface area contributed by atoms with Gasteiger partial charge < -0.3 is 11.1 Å². The van der Waals surface area contributed by atoms with E-state index in [2.05, 4.69) is 15.5 Å². The second-order valence-corrected chi connectivity index (χ2v) is 6.55. The third-order valence-electron chi connectivity index (χ3n) is 3.81. The predicted octanol–water partition coefficient (Wildman–Crippen LogP) is 2.73. The first-order valence-electron chi connectivity index (χ1n) is 7.60. The molecule has 0 atom stereocenters. The lowest BCUT2D eigenvalue weighted by molar-refractivity contribution is -0.116. The Kier molecular flexibility index (Phi) is 6.39. The fourth-order valence-corrected chi connectivity index (χ4v) is 3.42. The van der Waals surface area contributed by atoms with Crippen LogP contribution in [0.5, 0.6) is 0 Å². The Hall–Kier alpha value is -1.01. The number of carbonyl (C=O) groups is 1. The van der Waals surface area contributed by atoms with Crippen molar-refractivity contribution in [2.45, 2.75) is 57.8 Å². The molecule has 1 aromatic rings. The van der Waals surface area contributed by atoms with Gasteiger partial charge in [0.05, 0.1) is 0 Å². The zero-order valence-corrected chi connectivity index (χ0v) is 12.8. The topological polar surface area (TPSA) is 80.9 Å². The number of hydrogen-bond acceptors (Lipinski definition) is 5. The summed E-state index contributed by atoms with van der Waals surface area (Å²) in [5, 5.41) is 12.6. The Bertz CT molecular complexity index is 415. The fraction of sp³-hybridized carbons (Fsp3) is 0.786. The van der Waals surface area contributed by atoms with Crippen LogP contribution in [0, 0.1) is 5.92 Å². The van der Waals surface area contributed by atoms with Crippen LogP contribution in [0.2, 0.25) is 0 Å². The average molecular weight is 296 g/mol. The Morgan fingerprint density at radius 3 is 2.85 bits per heavy atom. The summed E-state index contributed by atoms with van der Waals surface area (Å²) in [6.07, 6.45) is 10.2. The molecule has 1 aliphatic carbocycles. The number of aryl methyl sites for hydroxylation is 1. The summed E-state index contributed by atoms with van der Waals surface area (Å²) < 4.78 is 0.